The minimum Gasteiger partial charge on any atom is -0.457 e. The highest BCUT2D eigenvalue weighted by Crippen LogP contribution is 2.25. The number of furan rings is 1. The molecular formula is C16H13N3O6S. The number of urea groups is 1. The lowest BCUT2D eigenvalue weighted by molar-refractivity contribution is -0.129. The van der Waals surface area contributed by atoms with E-state index in [1.54, 1.807) is 6.07 Å². The van der Waals surface area contributed by atoms with E-state index in [9.17, 15) is 22.8 Å². The Morgan fingerprint density at radius 3 is 2.35 bits per heavy atom. The summed E-state index contributed by atoms with van der Waals surface area (Å²) in [6.45, 7) is 0. The van der Waals surface area contributed by atoms with E-state index >= 15 is 0 Å². The maximum absolute atomic E-state index is 12.0. The summed E-state index contributed by atoms with van der Waals surface area (Å²) < 4.78 is 28.1. The second-order valence-corrected chi connectivity index (χ2v) is 7.01. The van der Waals surface area contributed by atoms with Gasteiger partial charge in [-0.3, -0.25) is 19.8 Å². The number of hydrogen-bond acceptors (Lipinski definition) is 6. The molecule has 2 heterocycles. The van der Waals surface area contributed by atoms with Crippen LogP contribution >= 0.6 is 0 Å². The standard InChI is InChI=1S/C16H13N3O6S/c1-19-15(21)12(14(20)18-16(19)22)8-10-4-7-13(25-10)9-2-5-11(6-3-9)26(17,23)24/h2-8H,1H3,(H2,17,23,24)(H,18,20,22)/b12-8+. The number of nitrogens with zero attached hydrogens (tertiary/aromatic N) is 1. The molecular weight excluding hydrogens is 362 g/mol. The molecule has 1 aliphatic heterocycles. The summed E-state index contributed by atoms with van der Waals surface area (Å²) in [4.78, 5) is 36.0. The number of likely N-dealkylation sites (N-methyl/N-ethyl adjacent to an activating group) is 1. The van der Waals surface area contributed by atoms with Crippen LogP contribution in [0.4, 0.5) is 4.79 Å². The van der Waals surface area contributed by atoms with E-state index in [1.807, 2.05) is 5.32 Å². The first kappa shape index (κ1) is 17.6. The van der Waals surface area contributed by atoms with Gasteiger partial charge < -0.3 is 4.42 Å². The number of nitrogens with one attached hydrogen (secondary N) is 1. The van der Waals surface area contributed by atoms with Crippen molar-refractivity contribution >= 4 is 33.9 Å². The zero-order valence-electron chi connectivity index (χ0n) is 13.4. The van der Waals surface area contributed by atoms with Crippen molar-refractivity contribution < 1.29 is 27.2 Å². The van der Waals surface area contributed by atoms with E-state index in [-0.39, 0.29) is 16.2 Å². The molecule has 1 aromatic heterocycles. The molecule has 4 amide bonds. The van der Waals surface area contributed by atoms with Crippen LogP contribution in [-0.2, 0) is 19.6 Å². The number of barbiturate groups is 1. The molecule has 26 heavy (non-hydrogen) atoms. The van der Waals surface area contributed by atoms with Gasteiger partial charge in [0.05, 0.1) is 4.90 Å². The average Bonchev–Trinajstić information content (AvgIpc) is 3.05. The average molecular weight is 375 g/mol. The first-order chi connectivity index (χ1) is 12.2. The second-order valence-electron chi connectivity index (χ2n) is 5.45. The molecule has 10 heteroatoms. The molecule has 1 fully saturated rings. The molecule has 1 aromatic carbocycles. The van der Waals surface area contributed by atoms with Crippen LogP contribution in [0.3, 0.4) is 0 Å². The van der Waals surface area contributed by atoms with Gasteiger partial charge >= 0.3 is 6.03 Å². The first-order valence-electron chi connectivity index (χ1n) is 7.25. The largest absolute Gasteiger partial charge is 0.457 e. The number of sulfonamides is 1. The molecule has 3 rings (SSSR count). The molecule has 0 unspecified atom stereocenters. The molecule has 2 aromatic rings. The van der Waals surface area contributed by atoms with E-state index < -0.39 is 27.9 Å². The second kappa shape index (κ2) is 6.24. The number of imide groups is 2. The highest BCUT2D eigenvalue weighted by Gasteiger charge is 2.33. The summed E-state index contributed by atoms with van der Waals surface area (Å²) >= 11 is 0. The normalized spacial score (nSPS) is 16.9. The predicted octanol–water partition coefficient (Wildman–Crippen LogP) is 0.686. The Balaban J connectivity index is 1.89. The van der Waals surface area contributed by atoms with Crippen molar-refractivity contribution in [3.05, 3.63) is 47.7 Å². The smallest absolute Gasteiger partial charge is 0.331 e. The Bertz CT molecular complexity index is 1050. The fraction of sp³-hybridized carbons (Fsp3) is 0.0625. The molecule has 0 spiro atoms. The fourth-order valence-corrected chi connectivity index (χ4v) is 2.80. The summed E-state index contributed by atoms with van der Waals surface area (Å²) in [6.07, 6.45) is 1.23. The van der Waals surface area contributed by atoms with Crippen LogP contribution in [0.2, 0.25) is 0 Å². The Morgan fingerprint density at radius 2 is 1.73 bits per heavy atom. The van der Waals surface area contributed by atoms with Gasteiger partial charge in [-0.05, 0) is 42.5 Å². The molecule has 134 valence electrons. The zero-order valence-corrected chi connectivity index (χ0v) is 14.2. The molecule has 9 nitrogen and oxygen atoms in total. The van der Waals surface area contributed by atoms with Crippen molar-refractivity contribution in [2.75, 3.05) is 7.05 Å². The topological polar surface area (TPSA) is 140 Å². The van der Waals surface area contributed by atoms with Crippen molar-refractivity contribution in [3.8, 4) is 11.3 Å². The summed E-state index contributed by atoms with van der Waals surface area (Å²) in [7, 11) is -2.54. The van der Waals surface area contributed by atoms with Gasteiger partial charge in [-0.25, -0.2) is 18.4 Å². The minimum absolute atomic E-state index is 0.0349. The highest BCUT2D eigenvalue weighted by molar-refractivity contribution is 7.89. The Morgan fingerprint density at radius 1 is 1.08 bits per heavy atom. The van der Waals surface area contributed by atoms with Crippen LogP contribution in [-0.4, -0.2) is 38.2 Å². The molecule has 0 saturated carbocycles. The monoisotopic (exact) mass is 375 g/mol. The lowest BCUT2D eigenvalue weighted by Crippen LogP contribution is -2.52. The number of hydrogen-bond donors (Lipinski definition) is 2. The number of primary sulfonamides is 1. The molecule has 0 aliphatic carbocycles. The summed E-state index contributed by atoms with van der Waals surface area (Å²) in [5, 5.41) is 7.08. The van der Waals surface area contributed by atoms with Gasteiger partial charge in [0, 0.05) is 12.6 Å². The van der Waals surface area contributed by atoms with Crippen LogP contribution in [0.15, 0.2) is 51.3 Å². The number of nitrogens with two attached hydrogens (primary N) is 1. The third-order valence-corrected chi connectivity index (χ3v) is 4.61. The third-order valence-electron chi connectivity index (χ3n) is 3.69. The van der Waals surface area contributed by atoms with Crippen LogP contribution in [0.5, 0.6) is 0 Å². The SMILES string of the molecule is CN1C(=O)NC(=O)/C(=C\c2ccc(-c3ccc(S(N)(=O)=O)cc3)o2)C1=O. The van der Waals surface area contributed by atoms with Gasteiger partial charge in [0.1, 0.15) is 17.1 Å². The van der Waals surface area contributed by atoms with Gasteiger partial charge in [-0.1, -0.05) is 0 Å². The van der Waals surface area contributed by atoms with Gasteiger partial charge in [0.25, 0.3) is 11.8 Å². The number of amides is 4. The Hall–Kier alpha value is -3.24. The lowest BCUT2D eigenvalue weighted by Gasteiger charge is -2.21. The molecule has 1 saturated heterocycles. The van der Waals surface area contributed by atoms with Crippen molar-refractivity contribution in [2.24, 2.45) is 5.14 Å². The van der Waals surface area contributed by atoms with E-state index in [1.165, 1.54) is 43.5 Å². The maximum atomic E-state index is 12.0. The van der Waals surface area contributed by atoms with Crippen molar-refractivity contribution in [3.63, 3.8) is 0 Å². The van der Waals surface area contributed by atoms with Crippen LogP contribution in [0, 0.1) is 0 Å². The van der Waals surface area contributed by atoms with Gasteiger partial charge in [0.15, 0.2) is 0 Å². The number of rotatable bonds is 3. The summed E-state index contributed by atoms with van der Waals surface area (Å²) in [6, 6.07) is 8.03. The van der Waals surface area contributed by atoms with E-state index in [0.29, 0.717) is 11.3 Å². The quantitative estimate of drug-likeness (QED) is 0.597. The lowest BCUT2D eigenvalue weighted by atomic mass is 10.1. The molecule has 1 aliphatic rings. The predicted molar refractivity (Wildman–Crippen MR) is 89.8 cm³/mol. The highest BCUT2D eigenvalue weighted by atomic mass is 32.2. The van der Waals surface area contributed by atoms with E-state index in [2.05, 4.69) is 0 Å². The molecule has 0 radical (unpaired) electrons. The zero-order chi connectivity index (χ0) is 19.1. The van der Waals surface area contributed by atoms with Gasteiger partial charge in [-0.15, -0.1) is 0 Å². The summed E-state index contributed by atoms with van der Waals surface area (Å²) in [5.41, 5.74) is 0.339. The van der Waals surface area contributed by atoms with Crippen molar-refractivity contribution in [2.45, 2.75) is 4.90 Å². The molecule has 0 bridgehead atoms. The fourth-order valence-electron chi connectivity index (χ4n) is 2.28. The van der Waals surface area contributed by atoms with E-state index in [4.69, 9.17) is 9.56 Å². The van der Waals surface area contributed by atoms with Crippen molar-refractivity contribution in [1.29, 1.82) is 0 Å². The van der Waals surface area contributed by atoms with Crippen molar-refractivity contribution in [1.82, 2.24) is 10.2 Å². The Kier molecular flexibility index (Phi) is 4.22. The number of carbonyl (C=O) groups is 3. The number of benzene rings is 1. The van der Waals surface area contributed by atoms with Gasteiger partial charge in [0.2, 0.25) is 10.0 Å². The first-order valence-corrected chi connectivity index (χ1v) is 8.79. The maximum Gasteiger partial charge on any atom is 0.331 e. The van der Waals surface area contributed by atoms with Crippen LogP contribution in [0.1, 0.15) is 5.76 Å². The van der Waals surface area contributed by atoms with Gasteiger partial charge in [-0.2, -0.15) is 0 Å². The minimum atomic E-state index is -3.79. The third kappa shape index (κ3) is 3.27. The number of carbonyl (C=O) groups excluding carboxylic acids is 3. The Labute approximate surface area is 148 Å². The van der Waals surface area contributed by atoms with E-state index in [0.717, 1.165) is 4.90 Å². The van der Waals surface area contributed by atoms with Crippen LogP contribution < -0.4 is 10.5 Å². The summed E-state index contributed by atoms with van der Waals surface area (Å²) in [5.74, 6) is -0.939. The molecule has 3 N–H and O–H groups in total. The van der Waals surface area contributed by atoms with Crippen LogP contribution in [0.25, 0.3) is 17.4 Å². The molecule has 0 atom stereocenters.